The Balaban J connectivity index is 1.11. The Bertz CT molecular complexity index is 1990. The van der Waals surface area contributed by atoms with Crippen molar-refractivity contribution in [2.45, 2.75) is 38.1 Å². The maximum Gasteiger partial charge on any atom is 0.416 e. The fourth-order valence-corrected chi connectivity index (χ4v) is 6.35. The summed E-state index contributed by atoms with van der Waals surface area (Å²) in [6.45, 7) is 3.38. The van der Waals surface area contributed by atoms with E-state index < -0.39 is 17.6 Å². The van der Waals surface area contributed by atoms with E-state index in [0.29, 0.717) is 35.0 Å². The number of amides is 1. The van der Waals surface area contributed by atoms with Gasteiger partial charge in [-0.25, -0.2) is 9.37 Å². The van der Waals surface area contributed by atoms with Crippen molar-refractivity contribution in [1.29, 1.82) is 0 Å². The van der Waals surface area contributed by atoms with E-state index in [0.717, 1.165) is 41.9 Å². The summed E-state index contributed by atoms with van der Waals surface area (Å²) in [4.78, 5) is 40.1. The minimum Gasteiger partial charge on any atom is -0.365 e. The molecule has 2 aliphatic heterocycles. The van der Waals surface area contributed by atoms with Crippen LogP contribution in [0, 0.1) is 12.7 Å². The number of carbonyl (C=O) groups excluding carboxylic acids is 1. The first-order valence-corrected chi connectivity index (χ1v) is 14.8. The maximum atomic E-state index is 13.5. The summed E-state index contributed by atoms with van der Waals surface area (Å²) >= 11 is 0. The average molecular weight is 629 g/mol. The fourth-order valence-electron chi connectivity index (χ4n) is 6.35. The molecule has 2 unspecified atom stereocenters. The van der Waals surface area contributed by atoms with Gasteiger partial charge in [0.05, 0.1) is 23.0 Å². The first kappa shape index (κ1) is 29.5. The number of hydrogen-bond acceptors (Lipinski definition) is 6. The summed E-state index contributed by atoms with van der Waals surface area (Å²) in [6.07, 6.45) is -3.51. The zero-order chi connectivity index (χ0) is 32.2. The van der Waals surface area contributed by atoms with Crippen LogP contribution < -0.4 is 20.7 Å². The molecule has 1 N–H and O–H groups in total. The third kappa shape index (κ3) is 5.44. The number of halogens is 4. The Morgan fingerprint density at radius 3 is 2.15 bits per heavy atom. The highest BCUT2D eigenvalue weighted by molar-refractivity contribution is 5.94. The standard InChI is InChI=1S/C34H28F4N6O2/c1-20-29-14-15-30(45)44(26-10-4-22(5-11-26)32(46)39-17-21-2-6-23(7-3-21)34(36,37)38)31(29)41-33(40-20)43-19-27-16-28(43)18-42(27)25-12-8-24(35)9-13-25/h2-15,27-28H,16-19H2,1H3,(H,39,46). The van der Waals surface area contributed by atoms with E-state index in [-0.39, 0.29) is 30.0 Å². The fraction of sp³-hybridized carbons (Fsp3) is 0.235. The van der Waals surface area contributed by atoms with Crippen molar-refractivity contribution in [3.8, 4) is 5.69 Å². The molecule has 2 saturated heterocycles. The number of aryl methyl sites for hydroxylation is 1. The van der Waals surface area contributed by atoms with Crippen LogP contribution in [0.1, 0.15) is 33.6 Å². The molecule has 234 valence electrons. The first-order valence-electron chi connectivity index (χ1n) is 14.8. The summed E-state index contributed by atoms with van der Waals surface area (Å²) in [5.41, 5.74) is 2.49. The molecular formula is C34H28F4N6O2. The van der Waals surface area contributed by atoms with Crippen LogP contribution in [0.25, 0.3) is 16.7 Å². The topological polar surface area (TPSA) is 83.4 Å². The molecule has 0 radical (unpaired) electrons. The zero-order valence-electron chi connectivity index (χ0n) is 24.6. The smallest absolute Gasteiger partial charge is 0.365 e. The average Bonchev–Trinajstić information content (AvgIpc) is 3.66. The number of piperazine rings is 1. The molecule has 12 heteroatoms. The number of hydrogen-bond donors (Lipinski definition) is 1. The second kappa shape index (κ2) is 11.3. The number of rotatable bonds is 6. The van der Waals surface area contributed by atoms with Crippen LogP contribution >= 0.6 is 0 Å². The number of aromatic nitrogens is 3. The molecule has 1 amide bonds. The predicted molar refractivity (Wildman–Crippen MR) is 166 cm³/mol. The van der Waals surface area contributed by atoms with Gasteiger partial charge in [-0.15, -0.1) is 0 Å². The van der Waals surface area contributed by atoms with Crippen molar-refractivity contribution in [1.82, 2.24) is 19.9 Å². The van der Waals surface area contributed by atoms with Crippen LogP contribution in [0.15, 0.2) is 89.7 Å². The molecule has 0 spiro atoms. The number of anilines is 2. The number of fused-ring (bicyclic) bond motifs is 3. The van der Waals surface area contributed by atoms with E-state index >= 15 is 0 Å². The minimum absolute atomic E-state index is 0.0560. The van der Waals surface area contributed by atoms with Crippen molar-refractivity contribution < 1.29 is 22.4 Å². The molecule has 7 rings (SSSR count). The summed E-state index contributed by atoms with van der Waals surface area (Å²) in [7, 11) is 0. The monoisotopic (exact) mass is 628 g/mol. The van der Waals surface area contributed by atoms with Crippen LogP contribution in [0.3, 0.4) is 0 Å². The lowest BCUT2D eigenvalue weighted by Crippen LogP contribution is -2.47. The van der Waals surface area contributed by atoms with Crippen molar-refractivity contribution in [3.63, 3.8) is 0 Å². The molecule has 2 fully saturated rings. The second-order valence-electron chi connectivity index (χ2n) is 11.6. The van der Waals surface area contributed by atoms with Crippen molar-refractivity contribution in [3.05, 3.63) is 123 Å². The molecular weight excluding hydrogens is 600 g/mol. The highest BCUT2D eigenvalue weighted by Gasteiger charge is 2.44. The summed E-state index contributed by atoms with van der Waals surface area (Å²) in [6, 6.07) is 21.2. The summed E-state index contributed by atoms with van der Waals surface area (Å²) < 4.78 is 53.4. The van der Waals surface area contributed by atoms with Crippen molar-refractivity contribution in [2.24, 2.45) is 0 Å². The molecule has 2 aromatic heterocycles. The lowest BCUT2D eigenvalue weighted by Gasteiger charge is -2.35. The molecule has 2 aliphatic rings. The quantitative estimate of drug-likeness (QED) is 0.245. The van der Waals surface area contributed by atoms with Gasteiger partial charge in [0.2, 0.25) is 5.95 Å². The summed E-state index contributed by atoms with van der Waals surface area (Å²) in [5.74, 6) is -0.138. The van der Waals surface area contributed by atoms with E-state index in [4.69, 9.17) is 9.97 Å². The third-order valence-electron chi connectivity index (χ3n) is 8.71. The third-order valence-corrected chi connectivity index (χ3v) is 8.71. The van der Waals surface area contributed by atoms with Crippen LogP contribution in [0.2, 0.25) is 0 Å². The zero-order valence-corrected chi connectivity index (χ0v) is 24.6. The van der Waals surface area contributed by atoms with Gasteiger partial charge in [-0.1, -0.05) is 12.1 Å². The predicted octanol–water partition coefficient (Wildman–Crippen LogP) is 5.64. The van der Waals surface area contributed by atoms with Crippen molar-refractivity contribution >= 4 is 28.6 Å². The SMILES string of the molecule is Cc1nc(N2CC3CC2CN3c2ccc(F)cc2)nc2c1ccc(=O)n2-c1ccc(C(=O)NCc2ccc(C(F)(F)F)cc2)cc1. The van der Waals surface area contributed by atoms with Crippen LogP contribution in [0.4, 0.5) is 29.2 Å². The number of nitrogens with zero attached hydrogens (tertiary/aromatic N) is 5. The van der Waals surface area contributed by atoms with E-state index in [1.807, 2.05) is 6.92 Å². The molecule has 4 heterocycles. The normalized spacial score (nSPS) is 17.6. The lowest BCUT2D eigenvalue weighted by molar-refractivity contribution is -0.137. The van der Waals surface area contributed by atoms with E-state index in [9.17, 15) is 27.2 Å². The van der Waals surface area contributed by atoms with Crippen LogP contribution in [-0.2, 0) is 12.7 Å². The van der Waals surface area contributed by atoms with Crippen molar-refractivity contribution in [2.75, 3.05) is 22.9 Å². The highest BCUT2D eigenvalue weighted by atomic mass is 19.4. The maximum absolute atomic E-state index is 13.5. The molecule has 0 saturated carbocycles. The van der Waals surface area contributed by atoms with Gasteiger partial charge < -0.3 is 15.1 Å². The molecule has 8 nitrogen and oxygen atoms in total. The Morgan fingerprint density at radius 1 is 0.848 bits per heavy atom. The number of nitrogens with one attached hydrogen (secondary N) is 1. The molecule has 5 aromatic rings. The Morgan fingerprint density at radius 2 is 1.50 bits per heavy atom. The van der Waals surface area contributed by atoms with Gasteiger partial charge in [0, 0.05) is 48.4 Å². The van der Waals surface area contributed by atoms with Gasteiger partial charge in [0.15, 0.2) is 5.65 Å². The van der Waals surface area contributed by atoms with E-state index in [1.54, 1.807) is 42.5 Å². The Kier molecular flexibility index (Phi) is 7.22. The molecule has 46 heavy (non-hydrogen) atoms. The van der Waals surface area contributed by atoms with Gasteiger partial charge in [-0.05, 0) is 85.6 Å². The first-order chi connectivity index (χ1) is 22.0. The van der Waals surface area contributed by atoms with E-state index in [2.05, 4.69) is 15.1 Å². The summed E-state index contributed by atoms with van der Waals surface area (Å²) in [5, 5.41) is 3.44. The molecule has 2 atom stereocenters. The minimum atomic E-state index is -4.43. The van der Waals surface area contributed by atoms with Gasteiger partial charge in [0.1, 0.15) is 5.82 Å². The van der Waals surface area contributed by atoms with Crippen LogP contribution in [-0.4, -0.2) is 45.6 Å². The van der Waals surface area contributed by atoms with E-state index in [1.165, 1.54) is 34.9 Å². The van der Waals surface area contributed by atoms with Gasteiger partial charge in [-0.2, -0.15) is 18.2 Å². The lowest BCUT2D eigenvalue weighted by atomic mass is 10.1. The van der Waals surface area contributed by atoms with Crippen LogP contribution in [0.5, 0.6) is 0 Å². The van der Waals surface area contributed by atoms with Gasteiger partial charge >= 0.3 is 6.18 Å². The highest BCUT2D eigenvalue weighted by Crippen LogP contribution is 2.37. The molecule has 2 bridgehead atoms. The molecule has 3 aromatic carbocycles. The Labute approximate surface area is 260 Å². The largest absolute Gasteiger partial charge is 0.416 e. The van der Waals surface area contributed by atoms with Gasteiger partial charge in [-0.3, -0.25) is 14.2 Å². The Hall–Kier alpha value is -5.26. The number of pyridine rings is 1. The number of alkyl halides is 3. The number of carbonyl (C=O) groups is 1. The second-order valence-corrected chi connectivity index (χ2v) is 11.6. The molecule has 0 aliphatic carbocycles. The van der Waals surface area contributed by atoms with Gasteiger partial charge in [0.25, 0.3) is 11.5 Å². The number of benzene rings is 3.